The average Bonchev–Trinajstić information content (AvgIpc) is 2.24. The lowest BCUT2D eigenvalue weighted by Crippen LogP contribution is -2.50. The van der Waals surface area contributed by atoms with E-state index in [0.29, 0.717) is 5.03 Å². The van der Waals surface area contributed by atoms with E-state index in [1.807, 2.05) is 0 Å². The Bertz CT molecular complexity index is 512. The third kappa shape index (κ3) is 2.95. The molecular formula is C11H10Cl2F3N3. The Hall–Kier alpha value is -1.01. The van der Waals surface area contributed by atoms with Crippen LogP contribution in [0.1, 0.15) is 13.8 Å². The summed E-state index contributed by atoms with van der Waals surface area (Å²) in [5.41, 5.74) is 0.170. The summed E-state index contributed by atoms with van der Waals surface area (Å²) in [5.74, 6) is -1.23. The predicted molar refractivity (Wildman–Crippen MR) is 69.6 cm³/mol. The van der Waals surface area contributed by atoms with Crippen molar-refractivity contribution in [2.75, 3.05) is 0 Å². The molecule has 0 saturated heterocycles. The first-order chi connectivity index (χ1) is 8.59. The molecule has 1 unspecified atom stereocenters. The Balaban J connectivity index is 2.50. The third-order valence-corrected chi connectivity index (χ3v) is 2.93. The van der Waals surface area contributed by atoms with E-state index in [1.54, 1.807) is 26.0 Å². The van der Waals surface area contributed by atoms with Gasteiger partial charge < -0.3 is 0 Å². The summed E-state index contributed by atoms with van der Waals surface area (Å²) < 4.78 is 38.3. The van der Waals surface area contributed by atoms with Crippen molar-refractivity contribution in [1.82, 2.24) is 5.01 Å². The number of fused-ring (bicyclic) bond motifs is 1. The standard InChI is InChI=1S/C11H10Cl2F3N3/c1-10(2,13)19-8-4-3-6(12)5-7(8)17-9(18-19)11(14,15)16/h3-5,8H,1-2H3. The Labute approximate surface area is 118 Å². The van der Waals surface area contributed by atoms with Gasteiger partial charge in [0.15, 0.2) is 0 Å². The number of allylic oxidation sites excluding steroid dienone is 2. The van der Waals surface area contributed by atoms with Crippen molar-refractivity contribution in [1.29, 1.82) is 0 Å². The maximum atomic E-state index is 12.8. The van der Waals surface area contributed by atoms with Crippen molar-refractivity contribution in [2.45, 2.75) is 31.1 Å². The second-order valence-electron chi connectivity index (χ2n) is 4.55. The van der Waals surface area contributed by atoms with Crippen LogP contribution in [0.3, 0.4) is 0 Å². The highest BCUT2D eigenvalue weighted by molar-refractivity contribution is 6.34. The van der Waals surface area contributed by atoms with Crippen LogP contribution in [0.15, 0.2) is 33.4 Å². The smallest absolute Gasteiger partial charge is 0.262 e. The molecule has 0 saturated carbocycles. The average molecular weight is 312 g/mol. The maximum absolute atomic E-state index is 12.8. The fraction of sp³-hybridized carbons (Fsp3) is 0.455. The molecule has 2 aliphatic rings. The second-order valence-corrected chi connectivity index (χ2v) is 5.91. The molecule has 0 aromatic heterocycles. The van der Waals surface area contributed by atoms with Gasteiger partial charge in [-0.3, -0.25) is 5.01 Å². The third-order valence-electron chi connectivity index (χ3n) is 2.53. The van der Waals surface area contributed by atoms with Crippen molar-refractivity contribution >= 4 is 34.7 Å². The van der Waals surface area contributed by atoms with E-state index >= 15 is 0 Å². The molecule has 0 aromatic carbocycles. The molecule has 1 heterocycles. The van der Waals surface area contributed by atoms with E-state index in [2.05, 4.69) is 10.1 Å². The highest BCUT2D eigenvalue weighted by Crippen LogP contribution is 2.32. The van der Waals surface area contributed by atoms with Crippen molar-refractivity contribution in [3.05, 3.63) is 23.3 Å². The number of hydrogen-bond acceptors (Lipinski definition) is 3. The summed E-state index contributed by atoms with van der Waals surface area (Å²) in [6.45, 7) is 3.12. The first-order valence-corrected chi connectivity index (χ1v) is 6.12. The van der Waals surface area contributed by atoms with Crippen LogP contribution in [-0.4, -0.2) is 33.8 Å². The lowest BCUT2D eigenvalue weighted by Gasteiger charge is -2.39. The number of alkyl halides is 4. The molecular weight excluding hydrogens is 302 g/mol. The number of amidine groups is 1. The largest absolute Gasteiger partial charge is 0.453 e. The normalized spacial score (nSPS) is 23.6. The van der Waals surface area contributed by atoms with Crippen LogP contribution in [0, 0.1) is 0 Å². The van der Waals surface area contributed by atoms with E-state index in [4.69, 9.17) is 23.2 Å². The molecule has 1 aliphatic heterocycles. The van der Waals surface area contributed by atoms with E-state index in [1.165, 1.54) is 6.08 Å². The lowest BCUT2D eigenvalue weighted by atomic mass is 10.0. The van der Waals surface area contributed by atoms with Crippen LogP contribution in [0.2, 0.25) is 0 Å². The SMILES string of the molecule is CC(C)(Cl)N1N=C(C(F)(F)F)N=C2C=C(Cl)C=CC21. The van der Waals surface area contributed by atoms with Crippen LogP contribution in [-0.2, 0) is 0 Å². The summed E-state index contributed by atoms with van der Waals surface area (Å²) >= 11 is 11.9. The van der Waals surface area contributed by atoms with Crippen molar-refractivity contribution < 1.29 is 13.2 Å². The summed E-state index contributed by atoms with van der Waals surface area (Å²) in [4.78, 5) is 2.43. The quantitative estimate of drug-likeness (QED) is 0.536. The van der Waals surface area contributed by atoms with Gasteiger partial charge in [0.1, 0.15) is 11.0 Å². The van der Waals surface area contributed by atoms with Crippen LogP contribution in [0.4, 0.5) is 13.2 Å². The zero-order valence-corrected chi connectivity index (χ0v) is 11.6. The van der Waals surface area contributed by atoms with Gasteiger partial charge in [0.25, 0.3) is 5.84 Å². The van der Waals surface area contributed by atoms with Crippen molar-refractivity contribution in [3.63, 3.8) is 0 Å². The minimum atomic E-state index is -4.64. The molecule has 1 atom stereocenters. The summed E-state index contributed by atoms with van der Waals surface area (Å²) in [5, 5.41) is 4.99. The Morgan fingerprint density at radius 1 is 1.32 bits per heavy atom. The van der Waals surface area contributed by atoms with E-state index in [-0.39, 0.29) is 5.71 Å². The molecule has 0 amide bonds. The molecule has 0 aromatic rings. The van der Waals surface area contributed by atoms with Crippen LogP contribution < -0.4 is 0 Å². The molecule has 8 heteroatoms. The van der Waals surface area contributed by atoms with E-state index in [0.717, 1.165) is 5.01 Å². The van der Waals surface area contributed by atoms with Gasteiger partial charge >= 0.3 is 6.18 Å². The minimum Gasteiger partial charge on any atom is -0.262 e. The number of hydrogen-bond donors (Lipinski definition) is 0. The first kappa shape index (κ1) is 14.4. The van der Waals surface area contributed by atoms with Gasteiger partial charge in [-0.25, -0.2) is 4.99 Å². The molecule has 0 spiro atoms. The van der Waals surface area contributed by atoms with Crippen molar-refractivity contribution in [3.8, 4) is 0 Å². The zero-order chi connectivity index (χ0) is 14.4. The van der Waals surface area contributed by atoms with Gasteiger partial charge in [-0.15, -0.1) is 5.10 Å². The van der Waals surface area contributed by atoms with Gasteiger partial charge in [0, 0.05) is 5.03 Å². The van der Waals surface area contributed by atoms with E-state index < -0.39 is 23.1 Å². The molecule has 3 nitrogen and oxygen atoms in total. The highest BCUT2D eigenvalue weighted by Gasteiger charge is 2.43. The van der Waals surface area contributed by atoms with Crippen molar-refractivity contribution in [2.24, 2.45) is 10.1 Å². The Kier molecular flexibility index (Phi) is 3.43. The monoisotopic (exact) mass is 311 g/mol. The molecule has 0 fully saturated rings. The number of aliphatic imine (C=N–C) groups is 1. The lowest BCUT2D eigenvalue weighted by molar-refractivity contribution is -0.0622. The van der Waals surface area contributed by atoms with Crippen LogP contribution in [0.25, 0.3) is 0 Å². The molecule has 0 bridgehead atoms. The molecule has 2 rings (SSSR count). The number of halogens is 5. The Morgan fingerprint density at radius 2 is 1.95 bits per heavy atom. The topological polar surface area (TPSA) is 28.0 Å². The fourth-order valence-corrected chi connectivity index (χ4v) is 2.07. The number of hydrazone groups is 1. The molecule has 0 radical (unpaired) electrons. The number of nitrogens with zero attached hydrogens (tertiary/aromatic N) is 3. The van der Waals surface area contributed by atoms with Gasteiger partial charge in [0.2, 0.25) is 0 Å². The highest BCUT2D eigenvalue weighted by atomic mass is 35.5. The molecule has 19 heavy (non-hydrogen) atoms. The van der Waals surface area contributed by atoms with Gasteiger partial charge in [-0.1, -0.05) is 29.3 Å². The second kappa shape index (κ2) is 4.52. The van der Waals surface area contributed by atoms with Gasteiger partial charge in [-0.05, 0) is 26.0 Å². The minimum absolute atomic E-state index is 0.170. The fourth-order valence-electron chi connectivity index (χ4n) is 1.74. The molecule has 1 aliphatic carbocycles. The molecule has 104 valence electrons. The van der Waals surface area contributed by atoms with Gasteiger partial charge in [0.05, 0.1) is 5.71 Å². The van der Waals surface area contributed by atoms with Crippen LogP contribution >= 0.6 is 23.2 Å². The zero-order valence-electron chi connectivity index (χ0n) is 10.0. The predicted octanol–water partition coefficient (Wildman–Crippen LogP) is 3.65. The molecule has 0 N–H and O–H groups in total. The number of rotatable bonds is 1. The summed E-state index contributed by atoms with van der Waals surface area (Å²) in [6.07, 6.45) is -0.0704. The summed E-state index contributed by atoms with van der Waals surface area (Å²) in [7, 11) is 0. The Morgan fingerprint density at radius 3 is 2.47 bits per heavy atom. The van der Waals surface area contributed by atoms with Crippen LogP contribution in [0.5, 0.6) is 0 Å². The maximum Gasteiger partial charge on any atom is 0.453 e. The van der Waals surface area contributed by atoms with E-state index in [9.17, 15) is 13.2 Å². The summed E-state index contributed by atoms with van der Waals surface area (Å²) in [6, 6.07) is -0.555. The first-order valence-electron chi connectivity index (χ1n) is 5.37. The van der Waals surface area contributed by atoms with Gasteiger partial charge in [-0.2, -0.15) is 13.2 Å².